The SMILES string of the molecule is C[C@@H]1CC[C@@H](C(=O)N2CCNC(=O)[C@H]2c2ccccc2Cl)O1. The molecule has 0 bridgehead atoms. The van der Waals surface area contributed by atoms with Gasteiger partial charge in [0, 0.05) is 23.7 Å². The van der Waals surface area contributed by atoms with Crippen LogP contribution in [0.2, 0.25) is 5.02 Å². The molecule has 2 amide bonds. The van der Waals surface area contributed by atoms with Crippen molar-refractivity contribution in [1.82, 2.24) is 10.2 Å². The van der Waals surface area contributed by atoms with Crippen LogP contribution in [0.1, 0.15) is 31.4 Å². The van der Waals surface area contributed by atoms with Crippen molar-refractivity contribution >= 4 is 23.4 Å². The highest BCUT2D eigenvalue weighted by atomic mass is 35.5. The van der Waals surface area contributed by atoms with Gasteiger partial charge < -0.3 is 15.0 Å². The predicted octanol–water partition coefficient (Wildman–Crippen LogP) is 1.91. The maximum atomic E-state index is 12.8. The van der Waals surface area contributed by atoms with Gasteiger partial charge >= 0.3 is 0 Å². The summed E-state index contributed by atoms with van der Waals surface area (Å²) in [5.74, 6) is -0.317. The predicted molar refractivity (Wildman–Crippen MR) is 82.5 cm³/mol. The number of ether oxygens (including phenoxy) is 1. The Morgan fingerprint density at radius 2 is 2.14 bits per heavy atom. The molecule has 1 aromatic carbocycles. The second-order valence-electron chi connectivity index (χ2n) is 5.76. The summed E-state index contributed by atoms with van der Waals surface area (Å²) < 4.78 is 5.67. The number of hydrogen-bond donors (Lipinski definition) is 1. The lowest BCUT2D eigenvalue weighted by Crippen LogP contribution is -2.54. The molecule has 0 saturated carbocycles. The van der Waals surface area contributed by atoms with E-state index in [0.29, 0.717) is 30.1 Å². The van der Waals surface area contributed by atoms with Crippen LogP contribution in [0.15, 0.2) is 24.3 Å². The normalized spacial score (nSPS) is 28.5. The Morgan fingerprint density at radius 3 is 2.82 bits per heavy atom. The van der Waals surface area contributed by atoms with E-state index in [-0.39, 0.29) is 17.9 Å². The van der Waals surface area contributed by atoms with Crippen LogP contribution in [0.25, 0.3) is 0 Å². The average Bonchev–Trinajstić information content (AvgIpc) is 2.94. The summed E-state index contributed by atoms with van der Waals surface area (Å²) in [6, 6.07) is 6.46. The number of hydrogen-bond acceptors (Lipinski definition) is 3. The summed E-state index contributed by atoms with van der Waals surface area (Å²) >= 11 is 6.23. The van der Waals surface area contributed by atoms with Crippen molar-refractivity contribution in [3.8, 4) is 0 Å². The highest BCUT2D eigenvalue weighted by Gasteiger charge is 2.40. The molecular weight excluding hydrogens is 304 g/mol. The van der Waals surface area contributed by atoms with E-state index in [9.17, 15) is 9.59 Å². The second-order valence-corrected chi connectivity index (χ2v) is 6.17. The molecule has 2 heterocycles. The number of nitrogens with one attached hydrogen (secondary N) is 1. The van der Waals surface area contributed by atoms with Crippen LogP contribution >= 0.6 is 11.6 Å². The van der Waals surface area contributed by atoms with Crippen molar-refractivity contribution in [3.05, 3.63) is 34.9 Å². The molecule has 2 aliphatic rings. The van der Waals surface area contributed by atoms with Gasteiger partial charge in [-0.05, 0) is 25.8 Å². The highest BCUT2D eigenvalue weighted by Crippen LogP contribution is 2.31. The third-order valence-electron chi connectivity index (χ3n) is 4.20. The first-order valence-corrected chi connectivity index (χ1v) is 7.94. The Balaban J connectivity index is 1.89. The molecule has 2 aliphatic heterocycles. The lowest BCUT2D eigenvalue weighted by atomic mass is 10.0. The summed E-state index contributed by atoms with van der Waals surface area (Å²) in [6.07, 6.45) is 1.21. The highest BCUT2D eigenvalue weighted by molar-refractivity contribution is 6.31. The minimum Gasteiger partial charge on any atom is -0.365 e. The molecule has 22 heavy (non-hydrogen) atoms. The van der Waals surface area contributed by atoms with Crippen molar-refractivity contribution in [3.63, 3.8) is 0 Å². The molecule has 1 N–H and O–H groups in total. The number of nitrogens with zero attached hydrogens (tertiary/aromatic N) is 1. The molecule has 6 heteroatoms. The zero-order valence-corrected chi connectivity index (χ0v) is 13.2. The van der Waals surface area contributed by atoms with Gasteiger partial charge in [0.15, 0.2) is 0 Å². The van der Waals surface area contributed by atoms with Gasteiger partial charge in [0.05, 0.1) is 6.10 Å². The minimum atomic E-state index is -0.686. The van der Waals surface area contributed by atoms with Crippen LogP contribution in [-0.4, -0.2) is 42.0 Å². The number of carbonyl (C=O) groups excluding carboxylic acids is 2. The first-order valence-electron chi connectivity index (χ1n) is 7.56. The minimum absolute atomic E-state index is 0.0892. The van der Waals surface area contributed by atoms with Crippen LogP contribution < -0.4 is 5.32 Å². The molecule has 0 unspecified atom stereocenters. The van der Waals surface area contributed by atoms with Crippen LogP contribution in [0, 0.1) is 0 Å². The standard InChI is InChI=1S/C16H19ClN2O3/c1-10-6-7-13(22-10)16(21)19-9-8-18-15(20)14(19)11-4-2-3-5-12(11)17/h2-5,10,13-14H,6-9H2,1H3,(H,18,20)/t10-,13+,14-/m1/s1. The van der Waals surface area contributed by atoms with Gasteiger partial charge in [-0.2, -0.15) is 0 Å². The number of piperazine rings is 1. The van der Waals surface area contributed by atoms with Gasteiger partial charge in [-0.1, -0.05) is 29.8 Å². The number of rotatable bonds is 2. The fraction of sp³-hybridized carbons (Fsp3) is 0.500. The fourth-order valence-corrected chi connectivity index (χ4v) is 3.32. The van der Waals surface area contributed by atoms with Crippen LogP contribution in [0.3, 0.4) is 0 Å². The zero-order valence-electron chi connectivity index (χ0n) is 12.4. The van der Waals surface area contributed by atoms with E-state index in [1.54, 1.807) is 23.1 Å². The van der Waals surface area contributed by atoms with Crippen LogP contribution in [-0.2, 0) is 14.3 Å². The molecular formula is C16H19ClN2O3. The largest absolute Gasteiger partial charge is 0.365 e. The van der Waals surface area contributed by atoms with Gasteiger partial charge in [0.2, 0.25) is 5.91 Å². The Labute approximate surface area is 134 Å². The van der Waals surface area contributed by atoms with E-state index >= 15 is 0 Å². The van der Waals surface area contributed by atoms with Crippen LogP contribution in [0.4, 0.5) is 0 Å². The Hall–Kier alpha value is -1.59. The molecule has 3 atom stereocenters. The molecule has 2 saturated heterocycles. The Bertz CT molecular complexity index is 593. The molecule has 0 aromatic heterocycles. The molecule has 5 nitrogen and oxygen atoms in total. The summed E-state index contributed by atoms with van der Waals surface area (Å²) in [5.41, 5.74) is 0.653. The number of carbonyl (C=O) groups is 2. The molecule has 2 fully saturated rings. The van der Waals surface area contributed by atoms with Crippen molar-refractivity contribution in [2.24, 2.45) is 0 Å². The number of halogens is 1. The molecule has 0 aliphatic carbocycles. The molecule has 0 radical (unpaired) electrons. The first kappa shape index (κ1) is 15.3. The third kappa shape index (κ3) is 2.83. The summed E-state index contributed by atoms with van der Waals surface area (Å²) in [6.45, 7) is 2.88. The van der Waals surface area contributed by atoms with E-state index < -0.39 is 12.1 Å². The van der Waals surface area contributed by atoms with Crippen molar-refractivity contribution in [2.45, 2.75) is 38.0 Å². The smallest absolute Gasteiger partial charge is 0.252 e. The quantitative estimate of drug-likeness (QED) is 0.905. The van der Waals surface area contributed by atoms with E-state index in [2.05, 4.69) is 5.32 Å². The number of benzene rings is 1. The average molecular weight is 323 g/mol. The molecule has 3 rings (SSSR count). The Kier molecular flexibility index (Phi) is 4.36. The van der Waals surface area contributed by atoms with E-state index in [1.807, 2.05) is 13.0 Å². The Morgan fingerprint density at radius 1 is 1.36 bits per heavy atom. The summed E-state index contributed by atoms with van der Waals surface area (Å²) in [7, 11) is 0. The summed E-state index contributed by atoms with van der Waals surface area (Å²) in [5, 5.41) is 3.30. The monoisotopic (exact) mass is 322 g/mol. The second kappa shape index (κ2) is 6.26. The van der Waals surface area contributed by atoms with Crippen LogP contribution in [0.5, 0.6) is 0 Å². The third-order valence-corrected chi connectivity index (χ3v) is 4.55. The van der Waals surface area contributed by atoms with Gasteiger partial charge in [-0.3, -0.25) is 9.59 Å². The van der Waals surface area contributed by atoms with Gasteiger partial charge in [-0.15, -0.1) is 0 Å². The van der Waals surface area contributed by atoms with Gasteiger partial charge in [0.25, 0.3) is 5.91 Å². The fourth-order valence-electron chi connectivity index (χ4n) is 3.08. The van der Waals surface area contributed by atoms with Crippen molar-refractivity contribution in [1.29, 1.82) is 0 Å². The first-order chi connectivity index (χ1) is 10.6. The maximum absolute atomic E-state index is 12.8. The van der Waals surface area contributed by atoms with E-state index in [1.165, 1.54) is 0 Å². The molecule has 118 valence electrons. The topological polar surface area (TPSA) is 58.6 Å². The lowest BCUT2D eigenvalue weighted by molar-refractivity contribution is -0.151. The zero-order chi connectivity index (χ0) is 15.7. The van der Waals surface area contributed by atoms with E-state index in [0.717, 1.165) is 6.42 Å². The maximum Gasteiger partial charge on any atom is 0.252 e. The summed E-state index contributed by atoms with van der Waals surface area (Å²) in [4.78, 5) is 26.7. The van der Waals surface area contributed by atoms with Gasteiger partial charge in [-0.25, -0.2) is 0 Å². The van der Waals surface area contributed by atoms with Crippen molar-refractivity contribution in [2.75, 3.05) is 13.1 Å². The molecule has 0 spiro atoms. The number of amides is 2. The van der Waals surface area contributed by atoms with E-state index in [4.69, 9.17) is 16.3 Å². The van der Waals surface area contributed by atoms with Crippen molar-refractivity contribution < 1.29 is 14.3 Å². The van der Waals surface area contributed by atoms with Gasteiger partial charge in [0.1, 0.15) is 12.1 Å². The molecule has 1 aromatic rings. The lowest BCUT2D eigenvalue weighted by Gasteiger charge is -2.36.